The maximum absolute atomic E-state index is 13.7. The minimum Gasteiger partial charge on any atom is -0.487 e. The lowest BCUT2D eigenvalue weighted by Crippen LogP contribution is -2.47. The number of ether oxygens (including phenoxy) is 1. The van der Waals surface area contributed by atoms with E-state index in [9.17, 15) is 9.18 Å². The number of nitrogens with one attached hydrogen (secondary N) is 1. The highest BCUT2D eigenvalue weighted by Gasteiger charge is 2.32. The first kappa shape index (κ1) is 17.2. The van der Waals surface area contributed by atoms with Crippen molar-refractivity contribution in [3.63, 3.8) is 0 Å². The van der Waals surface area contributed by atoms with Crippen molar-refractivity contribution in [2.75, 3.05) is 18.4 Å². The fourth-order valence-corrected chi connectivity index (χ4v) is 3.81. The van der Waals surface area contributed by atoms with Crippen LogP contribution in [0.4, 0.5) is 10.1 Å². The first-order valence-corrected chi connectivity index (χ1v) is 9.23. The van der Waals surface area contributed by atoms with Gasteiger partial charge in [-0.1, -0.05) is 23.7 Å². The largest absolute Gasteiger partial charge is 0.487 e. The second-order valence-electron chi connectivity index (χ2n) is 6.78. The van der Waals surface area contributed by atoms with Crippen LogP contribution in [0.5, 0.6) is 5.75 Å². The second-order valence-corrected chi connectivity index (χ2v) is 7.21. The maximum atomic E-state index is 13.7. The number of rotatable bonds is 3. The zero-order valence-corrected chi connectivity index (χ0v) is 15.0. The fourth-order valence-electron chi connectivity index (χ4n) is 3.61. The molecule has 4 nitrogen and oxygen atoms in total. The smallest absolute Gasteiger partial charge is 0.245 e. The van der Waals surface area contributed by atoms with Gasteiger partial charge in [0.15, 0.2) is 11.6 Å². The van der Waals surface area contributed by atoms with Gasteiger partial charge in [0, 0.05) is 43.1 Å². The molecule has 0 bridgehead atoms. The third-order valence-electron chi connectivity index (χ3n) is 5.00. The molecule has 2 aromatic carbocycles. The Labute approximate surface area is 156 Å². The summed E-state index contributed by atoms with van der Waals surface area (Å²) in [7, 11) is 0. The van der Waals surface area contributed by atoms with E-state index < -0.39 is 0 Å². The molecule has 2 aliphatic rings. The summed E-state index contributed by atoms with van der Waals surface area (Å²) < 4.78 is 19.5. The Hall–Kier alpha value is -2.27. The number of fused-ring (bicyclic) bond motifs is 1. The molecule has 1 fully saturated rings. The van der Waals surface area contributed by atoms with Crippen LogP contribution in [0, 0.1) is 5.82 Å². The SMILES string of the molecule is O=C(C1Cc2cc(Cl)ccc2N1)N1CCC(Oc2ccccc2F)CC1. The van der Waals surface area contributed by atoms with Crippen molar-refractivity contribution in [2.45, 2.75) is 31.4 Å². The minimum atomic E-state index is -0.349. The van der Waals surface area contributed by atoms with E-state index in [1.807, 2.05) is 23.1 Å². The van der Waals surface area contributed by atoms with Crippen LogP contribution in [0.1, 0.15) is 18.4 Å². The van der Waals surface area contributed by atoms with Crippen molar-refractivity contribution < 1.29 is 13.9 Å². The quantitative estimate of drug-likeness (QED) is 0.886. The molecule has 0 aliphatic carbocycles. The summed E-state index contributed by atoms with van der Waals surface area (Å²) >= 11 is 6.03. The topological polar surface area (TPSA) is 41.6 Å². The number of benzene rings is 2. The summed E-state index contributed by atoms with van der Waals surface area (Å²) in [6.45, 7) is 1.24. The Morgan fingerprint density at radius 1 is 1.19 bits per heavy atom. The predicted octanol–water partition coefficient (Wildman–Crippen LogP) is 3.89. The van der Waals surface area contributed by atoms with Gasteiger partial charge in [-0.2, -0.15) is 0 Å². The molecule has 1 amide bonds. The zero-order valence-electron chi connectivity index (χ0n) is 14.3. The van der Waals surface area contributed by atoms with Gasteiger partial charge < -0.3 is 15.0 Å². The molecule has 2 aliphatic heterocycles. The summed E-state index contributed by atoms with van der Waals surface area (Å²) in [5, 5.41) is 3.97. The predicted molar refractivity (Wildman–Crippen MR) is 99.2 cm³/mol. The maximum Gasteiger partial charge on any atom is 0.245 e. The molecule has 1 unspecified atom stereocenters. The number of likely N-dealkylation sites (tertiary alicyclic amines) is 1. The number of amides is 1. The fraction of sp³-hybridized carbons (Fsp3) is 0.350. The third kappa shape index (κ3) is 3.49. The van der Waals surface area contributed by atoms with E-state index >= 15 is 0 Å². The van der Waals surface area contributed by atoms with Crippen LogP contribution >= 0.6 is 11.6 Å². The molecule has 136 valence electrons. The van der Waals surface area contributed by atoms with Gasteiger partial charge >= 0.3 is 0 Å². The van der Waals surface area contributed by atoms with Crippen LogP contribution in [0.2, 0.25) is 5.02 Å². The number of hydrogen-bond acceptors (Lipinski definition) is 3. The summed E-state index contributed by atoms with van der Waals surface area (Å²) in [6.07, 6.45) is 1.99. The molecule has 2 aromatic rings. The van der Waals surface area contributed by atoms with E-state index in [2.05, 4.69) is 5.32 Å². The summed E-state index contributed by atoms with van der Waals surface area (Å²) in [6, 6.07) is 11.8. The Balaban J connectivity index is 1.32. The summed E-state index contributed by atoms with van der Waals surface area (Å²) in [4.78, 5) is 14.7. The minimum absolute atomic E-state index is 0.0662. The first-order valence-electron chi connectivity index (χ1n) is 8.85. The number of piperidine rings is 1. The lowest BCUT2D eigenvalue weighted by atomic mass is 10.0. The Morgan fingerprint density at radius 3 is 2.73 bits per heavy atom. The highest BCUT2D eigenvalue weighted by atomic mass is 35.5. The third-order valence-corrected chi connectivity index (χ3v) is 5.24. The number of para-hydroxylation sites is 1. The van der Waals surface area contributed by atoms with Gasteiger partial charge in [-0.15, -0.1) is 0 Å². The number of anilines is 1. The van der Waals surface area contributed by atoms with Crippen molar-refractivity contribution in [1.29, 1.82) is 0 Å². The Morgan fingerprint density at radius 2 is 1.96 bits per heavy atom. The molecule has 0 spiro atoms. The van der Waals surface area contributed by atoms with Crippen molar-refractivity contribution >= 4 is 23.2 Å². The van der Waals surface area contributed by atoms with E-state index in [1.54, 1.807) is 18.2 Å². The van der Waals surface area contributed by atoms with Crippen LogP contribution < -0.4 is 10.1 Å². The average Bonchev–Trinajstić information content (AvgIpc) is 3.07. The van der Waals surface area contributed by atoms with Gasteiger partial charge in [0.25, 0.3) is 0 Å². The number of halogens is 2. The van der Waals surface area contributed by atoms with E-state index in [4.69, 9.17) is 16.3 Å². The van der Waals surface area contributed by atoms with Crippen molar-refractivity contribution in [2.24, 2.45) is 0 Å². The first-order chi connectivity index (χ1) is 12.6. The molecule has 0 radical (unpaired) electrons. The van der Waals surface area contributed by atoms with E-state index in [-0.39, 0.29) is 29.6 Å². The average molecular weight is 375 g/mol. The molecule has 6 heteroatoms. The molecule has 0 aromatic heterocycles. The van der Waals surface area contributed by atoms with Crippen LogP contribution in [0.15, 0.2) is 42.5 Å². The van der Waals surface area contributed by atoms with Crippen molar-refractivity contribution in [3.05, 3.63) is 58.9 Å². The van der Waals surface area contributed by atoms with Crippen LogP contribution in [-0.2, 0) is 11.2 Å². The van der Waals surface area contributed by atoms with Crippen LogP contribution in [0.25, 0.3) is 0 Å². The van der Waals surface area contributed by atoms with Crippen LogP contribution in [0.3, 0.4) is 0 Å². The van der Waals surface area contributed by atoms with E-state index in [0.29, 0.717) is 37.4 Å². The number of carbonyl (C=O) groups is 1. The summed E-state index contributed by atoms with van der Waals surface area (Å²) in [5.74, 6) is 0.0290. The molecular formula is C20H20ClFN2O2. The van der Waals surface area contributed by atoms with Gasteiger partial charge in [-0.25, -0.2) is 4.39 Å². The monoisotopic (exact) mass is 374 g/mol. The lowest BCUT2D eigenvalue weighted by molar-refractivity contribution is -0.133. The van der Waals surface area contributed by atoms with Gasteiger partial charge in [0.05, 0.1) is 0 Å². The van der Waals surface area contributed by atoms with Crippen molar-refractivity contribution in [1.82, 2.24) is 4.90 Å². The molecule has 1 saturated heterocycles. The van der Waals surface area contributed by atoms with Gasteiger partial charge in [0.1, 0.15) is 12.1 Å². The Bertz CT molecular complexity index is 821. The molecule has 4 rings (SSSR count). The molecule has 2 heterocycles. The Kier molecular flexibility index (Phi) is 4.72. The normalized spacial score (nSPS) is 19.8. The molecule has 1 atom stereocenters. The molecule has 26 heavy (non-hydrogen) atoms. The highest BCUT2D eigenvalue weighted by Crippen LogP contribution is 2.30. The van der Waals surface area contributed by atoms with Crippen LogP contribution in [-0.4, -0.2) is 36.0 Å². The molecular weight excluding hydrogens is 355 g/mol. The number of carbonyl (C=O) groups excluding carboxylic acids is 1. The number of hydrogen-bond donors (Lipinski definition) is 1. The van der Waals surface area contributed by atoms with E-state index in [1.165, 1.54) is 6.07 Å². The second kappa shape index (κ2) is 7.16. The van der Waals surface area contributed by atoms with Crippen molar-refractivity contribution in [3.8, 4) is 5.75 Å². The van der Waals surface area contributed by atoms with Gasteiger partial charge in [-0.05, 0) is 35.9 Å². The molecule has 1 N–H and O–H groups in total. The number of nitrogens with zero attached hydrogens (tertiary/aromatic N) is 1. The van der Waals surface area contributed by atoms with Gasteiger partial charge in [0.2, 0.25) is 5.91 Å². The van der Waals surface area contributed by atoms with E-state index in [0.717, 1.165) is 11.3 Å². The van der Waals surface area contributed by atoms with Gasteiger partial charge in [-0.3, -0.25) is 4.79 Å². The highest BCUT2D eigenvalue weighted by molar-refractivity contribution is 6.30. The molecule has 0 saturated carbocycles. The summed E-state index contributed by atoms with van der Waals surface area (Å²) in [5.41, 5.74) is 2.05. The standard InChI is InChI=1S/C20H20ClFN2O2/c21-14-5-6-17-13(11-14)12-18(23-17)20(25)24-9-7-15(8-10-24)26-19-4-2-1-3-16(19)22/h1-6,11,15,18,23H,7-10,12H2. The lowest BCUT2D eigenvalue weighted by Gasteiger charge is -2.33. The zero-order chi connectivity index (χ0) is 18.1.